The number of fused-ring (bicyclic) bond motifs is 5. The van der Waals surface area contributed by atoms with Gasteiger partial charge in [0.1, 0.15) is 17.6 Å². The fourth-order valence-corrected chi connectivity index (χ4v) is 8.67. The Labute approximate surface area is 221 Å². The molecule has 1 unspecified atom stereocenters. The van der Waals surface area contributed by atoms with E-state index in [9.17, 15) is 9.59 Å². The van der Waals surface area contributed by atoms with E-state index >= 15 is 0 Å². The monoisotopic (exact) mass is 506 g/mol. The largest absolute Gasteiger partial charge is 0.497 e. The summed E-state index contributed by atoms with van der Waals surface area (Å²) in [5, 5.41) is 0. The van der Waals surface area contributed by atoms with Crippen molar-refractivity contribution in [3.05, 3.63) is 41.5 Å². The molecule has 3 saturated carbocycles. The zero-order chi connectivity index (χ0) is 26.4. The first-order valence-electron chi connectivity index (χ1n) is 14.0. The maximum Gasteiger partial charge on any atom is 0.302 e. The normalized spacial score (nSPS) is 36.7. The average molecular weight is 507 g/mol. The summed E-state index contributed by atoms with van der Waals surface area (Å²) in [6.07, 6.45) is 14.7. The van der Waals surface area contributed by atoms with Gasteiger partial charge in [-0.15, -0.1) is 0 Å². The Balaban J connectivity index is 1.32. The summed E-state index contributed by atoms with van der Waals surface area (Å²) in [6, 6.07) is 5.68. The molecule has 7 atom stereocenters. The van der Waals surface area contributed by atoms with E-state index in [0.717, 1.165) is 56.3 Å². The molecule has 5 nitrogen and oxygen atoms in total. The topological polar surface area (TPSA) is 61.8 Å². The summed E-state index contributed by atoms with van der Waals surface area (Å²) >= 11 is 0. The van der Waals surface area contributed by atoms with Crippen molar-refractivity contribution in [2.75, 3.05) is 14.2 Å². The lowest BCUT2D eigenvalue weighted by atomic mass is 9.47. The molecule has 5 heteroatoms. The van der Waals surface area contributed by atoms with Gasteiger partial charge >= 0.3 is 5.97 Å². The molecule has 3 fully saturated rings. The maximum atomic E-state index is 13.6. The number of ketones is 1. The summed E-state index contributed by atoms with van der Waals surface area (Å²) < 4.78 is 16.4. The average Bonchev–Trinajstić information content (AvgIpc) is 3.24. The second-order valence-electron chi connectivity index (χ2n) is 12.3. The van der Waals surface area contributed by atoms with Crippen LogP contribution in [0.3, 0.4) is 0 Å². The van der Waals surface area contributed by atoms with E-state index in [2.05, 4.69) is 19.9 Å². The molecule has 1 aromatic rings. The third-order valence-corrected chi connectivity index (χ3v) is 10.6. The first-order valence-corrected chi connectivity index (χ1v) is 14.0. The molecule has 0 spiro atoms. The molecule has 4 aliphatic rings. The number of allylic oxidation sites excluding steroid dienone is 2. The first-order chi connectivity index (χ1) is 17.7. The van der Waals surface area contributed by atoms with Crippen LogP contribution >= 0.6 is 0 Å². The van der Waals surface area contributed by atoms with Crippen molar-refractivity contribution >= 4 is 17.8 Å². The summed E-state index contributed by atoms with van der Waals surface area (Å²) in [6.45, 7) is 6.37. The maximum absolute atomic E-state index is 13.6. The number of hydrogen-bond acceptors (Lipinski definition) is 5. The molecule has 0 aromatic heterocycles. The highest BCUT2D eigenvalue weighted by molar-refractivity contribution is 5.96. The minimum absolute atomic E-state index is 0.0341. The van der Waals surface area contributed by atoms with E-state index < -0.39 is 0 Å². The molecular weight excluding hydrogens is 464 g/mol. The minimum atomic E-state index is -0.169. The molecule has 0 aliphatic heterocycles. The number of benzene rings is 1. The Morgan fingerprint density at radius 2 is 1.81 bits per heavy atom. The van der Waals surface area contributed by atoms with Crippen LogP contribution < -0.4 is 9.47 Å². The molecule has 0 amide bonds. The third-order valence-electron chi connectivity index (χ3n) is 10.6. The van der Waals surface area contributed by atoms with Gasteiger partial charge in [0.2, 0.25) is 0 Å². The molecule has 0 bridgehead atoms. The number of rotatable bonds is 6. The van der Waals surface area contributed by atoms with E-state index in [4.69, 9.17) is 14.2 Å². The molecule has 0 radical (unpaired) electrons. The molecule has 37 heavy (non-hydrogen) atoms. The Morgan fingerprint density at radius 3 is 2.54 bits per heavy atom. The fraction of sp³-hybridized carbons (Fsp3) is 0.625. The number of ether oxygens (including phenoxy) is 3. The van der Waals surface area contributed by atoms with E-state index in [1.54, 1.807) is 20.3 Å². The number of carbonyl (C=O) groups excluding carboxylic acids is 2. The first kappa shape index (κ1) is 26.1. The lowest BCUT2D eigenvalue weighted by molar-refractivity contribution is -0.149. The van der Waals surface area contributed by atoms with E-state index in [0.29, 0.717) is 23.5 Å². The zero-order valence-electron chi connectivity index (χ0n) is 23.0. The number of methoxy groups -OCH3 is 2. The van der Waals surface area contributed by atoms with Gasteiger partial charge in [0, 0.05) is 30.9 Å². The van der Waals surface area contributed by atoms with Crippen LogP contribution in [0.15, 0.2) is 35.9 Å². The van der Waals surface area contributed by atoms with Crippen LogP contribution in [0.1, 0.15) is 77.7 Å². The van der Waals surface area contributed by atoms with Crippen LogP contribution in [0.5, 0.6) is 11.5 Å². The summed E-state index contributed by atoms with van der Waals surface area (Å²) in [7, 11) is 3.28. The Bertz CT molecular complexity index is 1120. The smallest absolute Gasteiger partial charge is 0.302 e. The molecule has 0 heterocycles. The van der Waals surface area contributed by atoms with Crippen LogP contribution in [0, 0.1) is 34.5 Å². The Kier molecular flexibility index (Phi) is 7.02. The molecule has 4 aliphatic carbocycles. The summed E-state index contributed by atoms with van der Waals surface area (Å²) in [5.74, 6) is 3.50. The van der Waals surface area contributed by atoms with Crippen LogP contribution in [0.4, 0.5) is 0 Å². The van der Waals surface area contributed by atoms with Gasteiger partial charge in [-0.05, 0) is 97.8 Å². The van der Waals surface area contributed by atoms with Gasteiger partial charge in [0.25, 0.3) is 0 Å². The van der Waals surface area contributed by atoms with Crippen molar-refractivity contribution in [1.29, 1.82) is 0 Å². The highest BCUT2D eigenvalue weighted by atomic mass is 16.5. The molecule has 200 valence electrons. The van der Waals surface area contributed by atoms with Crippen molar-refractivity contribution in [3.63, 3.8) is 0 Å². The van der Waals surface area contributed by atoms with Crippen LogP contribution in [0.2, 0.25) is 0 Å². The summed E-state index contributed by atoms with van der Waals surface area (Å²) in [4.78, 5) is 25.1. The lowest BCUT2D eigenvalue weighted by Gasteiger charge is -2.58. The highest BCUT2D eigenvalue weighted by Gasteiger charge is 2.59. The quantitative estimate of drug-likeness (QED) is 0.241. The minimum Gasteiger partial charge on any atom is -0.497 e. The van der Waals surface area contributed by atoms with Crippen LogP contribution in [0.25, 0.3) is 6.08 Å². The molecular formula is C32H42O5. The number of carbonyl (C=O) groups is 2. The van der Waals surface area contributed by atoms with Crippen molar-refractivity contribution in [1.82, 2.24) is 0 Å². The zero-order valence-corrected chi connectivity index (χ0v) is 23.0. The lowest BCUT2D eigenvalue weighted by Crippen LogP contribution is -2.51. The number of esters is 1. The predicted octanol–water partition coefficient (Wildman–Crippen LogP) is 6.80. The van der Waals surface area contributed by atoms with Gasteiger partial charge < -0.3 is 14.2 Å². The van der Waals surface area contributed by atoms with Crippen LogP contribution in [-0.4, -0.2) is 32.1 Å². The van der Waals surface area contributed by atoms with Crippen LogP contribution in [-0.2, 0) is 14.3 Å². The molecule has 5 rings (SSSR count). The van der Waals surface area contributed by atoms with Crippen molar-refractivity contribution < 1.29 is 23.8 Å². The molecule has 1 aromatic carbocycles. The predicted molar refractivity (Wildman–Crippen MR) is 144 cm³/mol. The SMILES string of the molecule is COc1ccc(/C=C/C(=O)C2CC[C@H]3[C@@H]4CC=C5C[C@@H](OC(C)=O)CC[C@]5(C)[C@H]4CC[C@]23C)c(OC)c1. The van der Waals surface area contributed by atoms with Gasteiger partial charge in [-0.3, -0.25) is 9.59 Å². The van der Waals surface area contributed by atoms with E-state index in [1.807, 2.05) is 24.3 Å². The van der Waals surface area contributed by atoms with E-state index in [-0.39, 0.29) is 34.6 Å². The van der Waals surface area contributed by atoms with Crippen molar-refractivity contribution in [2.24, 2.45) is 34.5 Å². The summed E-state index contributed by atoms with van der Waals surface area (Å²) in [5.41, 5.74) is 2.66. The fourth-order valence-electron chi connectivity index (χ4n) is 8.67. The Hall–Kier alpha value is -2.56. The van der Waals surface area contributed by atoms with Gasteiger partial charge in [-0.25, -0.2) is 0 Å². The number of hydrogen-bond donors (Lipinski definition) is 0. The van der Waals surface area contributed by atoms with Gasteiger partial charge in [0.05, 0.1) is 14.2 Å². The van der Waals surface area contributed by atoms with Gasteiger partial charge in [-0.2, -0.15) is 0 Å². The standard InChI is InChI=1S/C32H42O5/c1-20(33)37-24-14-16-31(2)22(18-24)8-10-25-26-11-12-28(32(26,3)17-15-27(25)31)29(34)13-7-21-6-9-23(35-4)19-30(21)36-5/h6-9,13,19,24-28H,10-12,14-18H2,1-5H3/b13-7+/t24-,25-,26-,27-,28?,31-,32-/m0/s1. The van der Waals surface area contributed by atoms with Crippen molar-refractivity contribution in [3.8, 4) is 11.5 Å². The van der Waals surface area contributed by atoms with Gasteiger partial charge in [0.15, 0.2) is 5.78 Å². The Morgan fingerprint density at radius 1 is 1.00 bits per heavy atom. The molecule has 0 saturated heterocycles. The second kappa shape index (κ2) is 9.96. The van der Waals surface area contributed by atoms with E-state index in [1.165, 1.54) is 18.9 Å². The van der Waals surface area contributed by atoms with Crippen molar-refractivity contribution in [2.45, 2.75) is 78.2 Å². The van der Waals surface area contributed by atoms with Gasteiger partial charge in [-0.1, -0.05) is 25.5 Å². The second-order valence-corrected chi connectivity index (χ2v) is 12.3. The highest BCUT2D eigenvalue weighted by Crippen LogP contribution is 2.66. The molecule has 0 N–H and O–H groups in total. The third kappa shape index (κ3) is 4.53.